The van der Waals surface area contributed by atoms with Crippen LogP contribution >= 0.6 is 11.8 Å². The Labute approximate surface area is 166 Å². The van der Waals surface area contributed by atoms with E-state index in [1.54, 1.807) is 6.26 Å². The topological polar surface area (TPSA) is 102 Å². The highest BCUT2D eigenvalue weighted by Crippen LogP contribution is 2.31. The van der Waals surface area contributed by atoms with Crippen molar-refractivity contribution in [2.75, 3.05) is 19.8 Å². The van der Waals surface area contributed by atoms with Crippen LogP contribution in [0.3, 0.4) is 0 Å². The number of aliphatic hydroxyl groups excluding tert-OH is 3. The van der Waals surface area contributed by atoms with E-state index in [0.717, 1.165) is 25.8 Å². The zero-order valence-corrected chi connectivity index (χ0v) is 17.9. The summed E-state index contributed by atoms with van der Waals surface area (Å²) in [5, 5.41) is 33.8. The van der Waals surface area contributed by atoms with Gasteiger partial charge in [0.2, 0.25) is 5.91 Å². The lowest BCUT2D eigenvalue weighted by atomic mass is 9.88. The lowest BCUT2D eigenvalue weighted by Gasteiger charge is -2.44. The average Bonchev–Trinajstić information content (AvgIpc) is 2.99. The van der Waals surface area contributed by atoms with Crippen molar-refractivity contribution in [3.05, 3.63) is 0 Å². The van der Waals surface area contributed by atoms with E-state index in [4.69, 9.17) is 4.74 Å². The van der Waals surface area contributed by atoms with Crippen LogP contribution in [0.5, 0.6) is 0 Å². The molecule has 0 aromatic carbocycles. The molecule has 2 aliphatic rings. The number of likely N-dealkylation sites (tertiary alicyclic amines) is 1. The number of hydrogen-bond acceptors (Lipinski definition) is 7. The fourth-order valence-electron chi connectivity index (χ4n) is 4.28. The Hall–Kier alpha value is -0.380. The Bertz CT molecular complexity index is 493. The van der Waals surface area contributed by atoms with Crippen LogP contribution in [-0.4, -0.2) is 87.9 Å². The monoisotopic (exact) mass is 404 g/mol. The Morgan fingerprint density at radius 3 is 2.48 bits per heavy atom. The van der Waals surface area contributed by atoms with E-state index in [9.17, 15) is 20.1 Å². The van der Waals surface area contributed by atoms with Crippen LogP contribution in [0.15, 0.2) is 0 Å². The van der Waals surface area contributed by atoms with Gasteiger partial charge in [-0.3, -0.25) is 9.69 Å². The van der Waals surface area contributed by atoms with Crippen LogP contribution in [0.4, 0.5) is 0 Å². The van der Waals surface area contributed by atoms with Crippen LogP contribution in [0, 0.1) is 11.8 Å². The van der Waals surface area contributed by atoms with E-state index in [1.165, 1.54) is 11.8 Å². The van der Waals surface area contributed by atoms with Crippen molar-refractivity contribution in [1.29, 1.82) is 0 Å². The Balaban J connectivity index is 2.09. The maximum atomic E-state index is 13.0. The molecule has 0 aromatic rings. The molecular formula is C19H36N2O5S. The fraction of sp³-hybridized carbons (Fsp3) is 0.947. The number of nitrogens with one attached hydrogen (secondary N) is 1. The van der Waals surface area contributed by atoms with Gasteiger partial charge in [0, 0.05) is 6.54 Å². The minimum atomic E-state index is -1.30. The number of hydrogen-bond donors (Lipinski definition) is 4. The third kappa shape index (κ3) is 5.16. The van der Waals surface area contributed by atoms with Gasteiger partial charge in [-0.05, 0) is 38.0 Å². The second kappa shape index (κ2) is 9.89. The number of rotatable bonds is 7. The second-order valence-electron chi connectivity index (χ2n) is 8.30. The third-order valence-corrected chi connectivity index (χ3v) is 6.71. The van der Waals surface area contributed by atoms with Crippen molar-refractivity contribution in [3.8, 4) is 0 Å². The molecule has 8 atom stereocenters. The third-order valence-electron chi connectivity index (χ3n) is 5.85. The highest BCUT2D eigenvalue weighted by molar-refractivity contribution is 7.99. The van der Waals surface area contributed by atoms with Crippen molar-refractivity contribution < 1.29 is 24.9 Å². The molecule has 2 heterocycles. The summed E-state index contributed by atoms with van der Waals surface area (Å²) in [5.74, 6) is 0.464. The molecule has 2 saturated heterocycles. The molecule has 7 nitrogen and oxygen atoms in total. The van der Waals surface area contributed by atoms with Gasteiger partial charge in [-0.15, -0.1) is 11.8 Å². The number of likely N-dealkylation sites (N-methyl/N-ethyl adjacent to an activating group) is 1. The summed E-state index contributed by atoms with van der Waals surface area (Å²) in [6.45, 7) is 6.97. The van der Waals surface area contributed by atoms with Gasteiger partial charge < -0.3 is 25.4 Å². The number of carbonyl (C=O) groups is 1. The summed E-state index contributed by atoms with van der Waals surface area (Å²) in [6.07, 6.45) is 0.343. The first-order valence-electron chi connectivity index (χ1n) is 9.94. The van der Waals surface area contributed by atoms with Crippen LogP contribution in [-0.2, 0) is 9.53 Å². The van der Waals surface area contributed by atoms with Crippen LogP contribution in [0.25, 0.3) is 0 Å². The molecule has 1 amide bonds. The molecule has 0 radical (unpaired) electrons. The van der Waals surface area contributed by atoms with Crippen LogP contribution in [0.2, 0.25) is 0 Å². The van der Waals surface area contributed by atoms with Gasteiger partial charge in [-0.2, -0.15) is 0 Å². The number of carbonyl (C=O) groups excluding carboxylic acids is 1. The van der Waals surface area contributed by atoms with Gasteiger partial charge in [-0.1, -0.05) is 27.2 Å². The average molecular weight is 405 g/mol. The SMILES string of the molecule is CCC[C@@H]1C[C@@H](C(=O)N[C@H](C(C)C)[C@H]2OC(SC)[C@H](O)C(O)C2O)N(C)C1. The highest BCUT2D eigenvalue weighted by atomic mass is 32.2. The molecule has 8 heteroatoms. The quantitative estimate of drug-likeness (QED) is 0.488. The molecule has 0 saturated carbocycles. The van der Waals surface area contributed by atoms with Gasteiger partial charge in [0.25, 0.3) is 0 Å². The lowest BCUT2D eigenvalue weighted by molar-refractivity contribution is -0.208. The minimum absolute atomic E-state index is 0.00306. The summed E-state index contributed by atoms with van der Waals surface area (Å²) in [6, 6.07) is -0.640. The smallest absolute Gasteiger partial charge is 0.237 e. The van der Waals surface area contributed by atoms with Gasteiger partial charge in [0.1, 0.15) is 29.9 Å². The maximum Gasteiger partial charge on any atom is 0.237 e. The number of thioether (sulfide) groups is 1. The summed E-state index contributed by atoms with van der Waals surface area (Å²) in [4.78, 5) is 15.1. The molecule has 4 N–H and O–H groups in total. The largest absolute Gasteiger partial charge is 0.388 e. The molecule has 0 aromatic heterocycles. The van der Waals surface area contributed by atoms with Crippen molar-refractivity contribution >= 4 is 17.7 Å². The predicted molar refractivity (Wildman–Crippen MR) is 106 cm³/mol. The van der Waals surface area contributed by atoms with Gasteiger partial charge in [0.15, 0.2) is 0 Å². The Morgan fingerprint density at radius 2 is 1.93 bits per heavy atom. The summed E-state index contributed by atoms with van der Waals surface area (Å²) in [7, 11) is 1.97. The van der Waals surface area contributed by atoms with Crippen molar-refractivity contribution in [2.45, 2.75) is 82.0 Å². The van der Waals surface area contributed by atoms with E-state index < -0.39 is 35.9 Å². The molecule has 0 spiro atoms. The van der Waals surface area contributed by atoms with Crippen molar-refractivity contribution in [2.24, 2.45) is 11.8 Å². The Kier molecular flexibility index (Phi) is 8.39. The lowest BCUT2D eigenvalue weighted by Crippen LogP contribution is -2.64. The summed E-state index contributed by atoms with van der Waals surface area (Å²) < 4.78 is 5.88. The predicted octanol–water partition coefficient (Wildman–Crippen LogP) is 0.418. The first-order valence-corrected chi connectivity index (χ1v) is 11.2. The Morgan fingerprint density at radius 1 is 1.26 bits per heavy atom. The molecule has 0 bridgehead atoms. The van der Waals surface area contributed by atoms with Crippen molar-refractivity contribution in [3.63, 3.8) is 0 Å². The van der Waals surface area contributed by atoms with E-state index in [1.807, 2.05) is 20.9 Å². The first-order chi connectivity index (χ1) is 12.7. The summed E-state index contributed by atoms with van der Waals surface area (Å²) in [5.41, 5.74) is -0.644. The zero-order valence-electron chi connectivity index (χ0n) is 17.0. The minimum Gasteiger partial charge on any atom is -0.388 e. The highest BCUT2D eigenvalue weighted by Gasteiger charge is 2.48. The molecule has 3 unspecified atom stereocenters. The van der Waals surface area contributed by atoms with Crippen LogP contribution in [0.1, 0.15) is 40.0 Å². The molecule has 2 rings (SSSR count). The number of nitrogens with zero attached hydrogens (tertiary/aromatic N) is 1. The van der Waals surface area contributed by atoms with Crippen LogP contribution < -0.4 is 5.32 Å². The number of ether oxygens (including phenoxy) is 1. The maximum absolute atomic E-state index is 13.0. The zero-order chi connectivity index (χ0) is 20.3. The second-order valence-corrected chi connectivity index (χ2v) is 9.24. The normalized spacial score (nSPS) is 38.9. The standard InChI is InChI=1S/C19H36N2O5S/c1-6-7-11-8-12(21(4)9-11)18(25)20-13(10(2)3)17-15(23)14(22)16(24)19(26-17)27-5/h10-17,19,22-24H,6-9H2,1-5H3,(H,20,25)/t11-,12+,13-,14?,15?,16-,17-,19?/m1/s1. The molecule has 158 valence electrons. The molecular weight excluding hydrogens is 368 g/mol. The summed E-state index contributed by atoms with van der Waals surface area (Å²) >= 11 is 1.28. The van der Waals surface area contributed by atoms with E-state index >= 15 is 0 Å². The van der Waals surface area contributed by atoms with E-state index in [-0.39, 0.29) is 17.9 Å². The van der Waals surface area contributed by atoms with E-state index in [2.05, 4.69) is 17.1 Å². The number of aliphatic hydroxyl groups is 3. The molecule has 27 heavy (non-hydrogen) atoms. The first kappa shape index (κ1) is 22.9. The van der Waals surface area contributed by atoms with Gasteiger partial charge in [-0.25, -0.2) is 0 Å². The number of amides is 1. The van der Waals surface area contributed by atoms with Gasteiger partial charge >= 0.3 is 0 Å². The van der Waals surface area contributed by atoms with Crippen molar-refractivity contribution in [1.82, 2.24) is 10.2 Å². The molecule has 2 fully saturated rings. The molecule has 0 aliphatic carbocycles. The van der Waals surface area contributed by atoms with Gasteiger partial charge in [0.05, 0.1) is 12.1 Å². The fourth-order valence-corrected chi connectivity index (χ4v) is 4.96. The van der Waals surface area contributed by atoms with E-state index in [0.29, 0.717) is 5.92 Å². The molecule has 2 aliphatic heterocycles.